The van der Waals surface area contributed by atoms with E-state index >= 15 is 0 Å². The fourth-order valence-corrected chi connectivity index (χ4v) is 5.81. The van der Waals surface area contributed by atoms with Gasteiger partial charge in [0.1, 0.15) is 0 Å². The van der Waals surface area contributed by atoms with Crippen molar-refractivity contribution in [2.75, 3.05) is 6.54 Å². The van der Waals surface area contributed by atoms with Crippen molar-refractivity contribution >= 4 is 16.8 Å². The van der Waals surface area contributed by atoms with Crippen molar-refractivity contribution in [3.8, 4) is 22.3 Å². The van der Waals surface area contributed by atoms with Crippen molar-refractivity contribution in [3.05, 3.63) is 118 Å². The number of nitrogens with zero attached hydrogens (tertiary/aromatic N) is 1. The minimum Gasteiger partial charge on any atom is -0.366 e. The Bertz CT molecular complexity index is 1730. The van der Waals surface area contributed by atoms with Gasteiger partial charge in [-0.3, -0.25) is 9.69 Å². The van der Waals surface area contributed by atoms with Crippen molar-refractivity contribution in [1.82, 2.24) is 9.88 Å². The summed E-state index contributed by atoms with van der Waals surface area (Å²) in [4.78, 5) is 18.6. The Labute approximate surface area is 230 Å². The van der Waals surface area contributed by atoms with Crippen LogP contribution in [0.4, 0.5) is 13.2 Å². The summed E-state index contributed by atoms with van der Waals surface area (Å²) in [5.74, 6) is -0.622. The highest BCUT2D eigenvalue weighted by Gasteiger charge is 2.30. The average molecular weight is 540 g/mol. The number of halogens is 3. The number of para-hydroxylation sites is 1. The number of rotatable bonds is 5. The van der Waals surface area contributed by atoms with Crippen LogP contribution < -0.4 is 5.73 Å². The molecule has 0 aliphatic carbocycles. The van der Waals surface area contributed by atoms with Gasteiger partial charge in [-0.2, -0.15) is 13.2 Å². The maximum atomic E-state index is 13.1. The summed E-state index contributed by atoms with van der Waals surface area (Å²) in [6.07, 6.45) is -3.56. The van der Waals surface area contributed by atoms with E-state index in [1.165, 1.54) is 39.9 Å². The van der Waals surface area contributed by atoms with E-state index in [0.29, 0.717) is 22.3 Å². The van der Waals surface area contributed by atoms with Gasteiger partial charge in [0.05, 0.1) is 11.1 Å². The van der Waals surface area contributed by atoms with Crippen LogP contribution in [0, 0.1) is 6.92 Å². The molecule has 1 amide bonds. The molecule has 0 saturated carbocycles. The Balaban J connectivity index is 1.29. The summed E-state index contributed by atoms with van der Waals surface area (Å²) >= 11 is 0. The number of benzene rings is 4. The van der Waals surface area contributed by atoms with Crippen LogP contribution in [0.15, 0.2) is 84.9 Å². The van der Waals surface area contributed by atoms with Crippen LogP contribution in [0.3, 0.4) is 0 Å². The monoisotopic (exact) mass is 539 g/mol. The van der Waals surface area contributed by atoms with Crippen LogP contribution in [-0.2, 0) is 25.7 Å². The first-order valence-electron chi connectivity index (χ1n) is 13.2. The average Bonchev–Trinajstić information content (AvgIpc) is 3.26. The molecule has 4 nitrogen and oxygen atoms in total. The van der Waals surface area contributed by atoms with Crippen molar-refractivity contribution in [1.29, 1.82) is 0 Å². The van der Waals surface area contributed by atoms with Gasteiger partial charge in [0.15, 0.2) is 0 Å². The number of aromatic nitrogens is 1. The smallest absolute Gasteiger partial charge is 0.366 e. The number of primary amides is 1. The largest absolute Gasteiger partial charge is 0.416 e. The number of alkyl halides is 3. The molecule has 0 spiro atoms. The van der Waals surface area contributed by atoms with Gasteiger partial charge in [-0.1, -0.05) is 66.7 Å². The molecule has 202 valence electrons. The predicted molar refractivity (Wildman–Crippen MR) is 152 cm³/mol. The molecule has 3 N–H and O–H groups in total. The summed E-state index contributed by atoms with van der Waals surface area (Å²) in [5, 5.41) is 1.26. The number of aromatic amines is 1. The first-order valence-corrected chi connectivity index (χ1v) is 13.2. The van der Waals surface area contributed by atoms with Crippen LogP contribution in [-0.4, -0.2) is 22.3 Å². The normalized spacial score (nSPS) is 13.9. The molecular weight excluding hydrogens is 511 g/mol. The van der Waals surface area contributed by atoms with E-state index in [-0.39, 0.29) is 0 Å². The molecule has 6 rings (SSSR count). The maximum absolute atomic E-state index is 13.1. The van der Waals surface area contributed by atoms with E-state index in [0.717, 1.165) is 49.3 Å². The fraction of sp³-hybridized carbons (Fsp3) is 0.182. The van der Waals surface area contributed by atoms with Gasteiger partial charge in [-0.25, -0.2) is 0 Å². The number of aryl methyl sites for hydroxylation is 1. The van der Waals surface area contributed by atoms with Gasteiger partial charge < -0.3 is 10.7 Å². The zero-order chi connectivity index (χ0) is 28.0. The van der Waals surface area contributed by atoms with E-state index in [2.05, 4.69) is 47.1 Å². The van der Waals surface area contributed by atoms with Crippen LogP contribution in [0.1, 0.15) is 38.3 Å². The molecule has 5 aromatic rings. The molecule has 0 unspecified atom stereocenters. The highest BCUT2D eigenvalue weighted by atomic mass is 19.4. The molecule has 0 saturated heterocycles. The van der Waals surface area contributed by atoms with Crippen LogP contribution in [0.2, 0.25) is 0 Å². The number of amides is 1. The maximum Gasteiger partial charge on any atom is 0.416 e. The molecule has 0 bridgehead atoms. The summed E-state index contributed by atoms with van der Waals surface area (Å²) < 4.78 is 39.2. The number of fused-ring (bicyclic) bond motifs is 2. The van der Waals surface area contributed by atoms with Crippen LogP contribution in [0.5, 0.6) is 0 Å². The lowest BCUT2D eigenvalue weighted by atomic mass is 9.88. The van der Waals surface area contributed by atoms with E-state index in [1.54, 1.807) is 12.1 Å². The minimum atomic E-state index is -4.43. The zero-order valence-electron chi connectivity index (χ0n) is 22.0. The van der Waals surface area contributed by atoms with E-state index in [1.807, 2.05) is 18.2 Å². The fourth-order valence-electron chi connectivity index (χ4n) is 5.81. The molecule has 40 heavy (non-hydrogen) atoms. The van der Waals surface area contributed by atoms with Gasteiger partial charge in [-0.05, 0) is 70.5 Å². The molecule has 1 aliphatic rings. The van der Waals surface area contributed by atoms with Crippen molar-refractivity contribution in [2.45, 2.75) is 32.6 Å². The molecule has 0 fully saturated rings. The number of H-pyrrole nitrogens is 1. The number of carbonyl (C=O) groups excluding carboxylic acids is 1. The first kappa shape index (κ1) is 25.9. The standard InChI is InChI=1S/C33H28F3N3O/c1-20-29(28-5-2-3-8-30(28)38-20)19-39-16-15-22-17-23(9-10-24(22)18-39)27-7-4-6-26(31(27)32(37)40)21-11-13-25(14-12-21)33(34,35)36/h2-14,17,38H,15-16,18-19H2,1H3,(H2,37,40). The van der Waals surface area contributed by atoms with E-state index in [4.69, 9.17) is 5.73 Å². The van der Waals surface area contributed by atoms with Gasteiger partial charge in [-0.15, -0.1) is 0 Å². The lowest BCUT2D eigenvalue weighted by Gasteiger charge is -2.29. The Kier molecular flexibility index (Phi) is 6.47. The third kappa shape index (κ3) is 4.77. The molecule has 0 radical (unpaired) electrons. The molecular formula is C33H28F3N3O. The summed E-state index contributed by atoms with van der Waals surface area (Å²) in [5.41, 5.74) is 14.1. The van der Waals surface area contributed by atoms with Crippen LogP contribution in [0.25, 0.3) is 33.2 Å². The number of hydrogen-bond donors (Lipinski definition) is 2. The Morgan fingerprint density at radius 3 is 2.33 bits per heavy atom. The van der Waals surface area contributed by atoms with Gasteiger partial charge in [0, 0.05) is 36.2 Å². The zero-order valence-corrected chi connectivity index (χ0v) is 22.0. The molecule has 7 heteroatoms. The number of carbonyl (C=O) groups is 1. The second-order valence-corrected chi connectivity index (χ2v) is 10.4. The second kappa shape index (κ2) is 9.99. The minimum absolute atomic E-state index is 0.300. The third-order valence-corrected chi connectivity index (χ3v) is 7.85. The van der Waals surface area contributed by atoms with Crippen molar-refractivity contribution in [3.63, 3.8) is 0 Å². The third-order valence-electron chi connectivity index (χ3n) is 7.85. The Morgan fingerprint density at radius 1 is 0.900 bits per heavy atom. The predicted octanol–water partition coefficient (Wildman–Crippen LogP) is 7.49. The number of hydrogen-bond acceptors (Lipinski definition) is 2. The second-order valence-electron chi connectivity index (χ2n) is 10.4. The quantitative estimate of drug-likeness (QED) is 0.243. The molecule has 1 aliphatic heterocycles. The van der Waals surface area contributed by atoms with E-state index in [9.17, 15) is 18.0 Å². The summed E-state index contributed by atoms with van der Waals surface area (Å²) in [6, 6.07) is 24.8. The highest BCUT2D eigenvalue weighted by molar-refractivity contribution is 6.06. The summed E-state index contributed by atoms with van der Waals surface area (Å²) in [6.45, 7) is 4.71. The van der Waals surface area contributed by atoms with Crippen LogP contribution >= 0.6 is 0 Å². The molecule has 4 aromatic carbocycles. The van der Waals surface area contributed by atoms with Crippen molar-refractivity contribution in [2.24, 2.45) is 5.73 Å². The SMILES string of the molecule is Cc1[nH]c2ccccc2c1CN1CCc2cc(-c3cccc(-c4ccc(C(F)(F)F)cc4)c3C(N)=O)ccc2C1. The molecule has 0 atom stereocenters. The molecule has 1 aromatic heterocycles. The number of nitrogens with two attached hydrogens (primary N) is 1. The number of nitrogens with one attached hydrogen (secondary N) is 1. The lowest BCUT2D eigenvalue weighted by Crippen LogP contribution is -2.30. The topological polar surface area (TPSA) is 62.1 Å². The van der Waals surface area contributed by atoms with Gasteiger partial charge in [0.2, 0.25) is 5.91 Å². The van der Waals surface area contributed by atoms with E-state index < -0.39 is 17.6 Å². The molecule has 2 heterocycles. The highest BCUT2D eigenvalue weighted by Crippen LogP contribution is 2.36. The van der Waals surface area contributed by atoms with Gasteiger partial charge >= 0.3 is 6.18 Å². The summed E-state index contributed by atoms with van der Waals surface area (Å²) in [7, 11) is 0. The first-order chi connectivity index (χ1) is 19.2. The van der Waals surface area contributed by atoms with Gasteiger partial charge in [0.25, 0.3) is 0 Å². The Hall–Kier alpha value is -4.36. The Morgan fingerprint density at radius 2 is 1.60 bits per heavy atom. The van der Waals surface area contributed by atoms with Crippen molar-refractivity contribution < 1.29 is 18.0 Å². The lowest BCUT2D eigenvalue weighted by molar-refractivity contribution is -0.137.